The molecule has 1 atom stereocenters. The molecular weight excluding hydrogens is 394 g/mol. The summed E-state index contributed by atoms with van der Waals surface area (Å²) in [5, 5.41) is 14.3. The highest BCUT2D eigenvalue weighted by atomic mass is 32.1. The first kappa shape index (κ1) is 22.0. The smallest absolute Gasteiger partial charge is 0.253 e. The summed E-state index contributed by atoms with van der Waals surface area (Å²) in [4.78, 5) is 17.7. The molecule has 1 aromatic heterocycles. The highest BCUT2D eigenvalue weighted by molar-refractivity contribution is 7.80. The number of aromatic nitrogens is 1. The van der Waals surface area contributed by atoms with E-state index in [2.05, 4.69) is 42.3 Å². The van der Waals surface area contributed by atoms with Gasteiger partial charge in [0.15, 0.2) is 5.11 Å². The largest absolute Gasteiger partial charge is 0.396 e. The van der Waals surface area contributed by atoms with E-state index < -0.39 is 0 Å². The van der Waals surface area contributed by atoms with Crippen LogP contribution in [0, 0.1) is 13.8 Å². The molecule has 0 spiro atoms. The number of H-pyrrole nitrogens is 1. The van der Waals surface area contributed by atoms with E-state index >= 15 is 0 Å². The first-order valence-electron chi connectivity index (χ1n) is 10.2. The van der Waals surface area contributed by atoms with Crippen LogP contribution in [0.5, 0.6) is 0 Å². The summed E-state index contributed by atoms with van der Waals surface area (Å²) in [5.74, 6) is 0. The Morgan fingerprint density at radius 3 is 2.63 bits per heavy atom. The van der Waals surface area contributed by atoms with E-state index in [-0.39, 0.29) is 18.2 Å². The zero-order valence-corrected chi connectivity index (χ0v) is 18.6. The lowest BCUT2D eigenvalue weighted by Gasteiger charge is -2.28. The van der Waals surface area contributed by atoms with E-state index in [4.69, 9.17) is 12.2 Å². The maximum Gasteiger partial charge on any atom is 0.253 e. The van der Waals surface area contributed by atoms with Crippen LogP contribution in [0.15, 0.2) is 53.3 Å². The van der Waals surface area contributed by atoms with E-state index in [1.807, 2.05) is 42.2 Å². The molecule has 3 rings (SSSR count). The Labute approximate surface area is 182 Å². The molecule has 0 radical (unpaired) electrons. The van der Waals surface area contributed by atoms with Gasteiger partial charge in [-0.1, -0.05) is 36.4 Å². The van der Waals surface area contributed by atoms with Crippen LogP contribution in [0.25, 0.3) is 10.9 Å². The summed E-state index contributed by atoms with van der Waals surface area (Å²) in [6.45, 7) is 7.14. The Hall–Kier alpha value is -2.70. The summed E-state index contributed by atoms with van der Waals surface area (Å²) in [6, 6.07) is 16.2. The van der Waals surface area contributed by atoms with E-state index in [1.165, 1.54) is 0 Å². The van der Waals surface area contributed by atoms with Crippen LogP contribution in [0.3, 0.4) is 0 Å². The van der Waals surface area contributed by atoms with Crippen LogP contribution in [-0.2, 0) is 6.54 Å². The van der Waals surface area contributed by atoms with E-state index in [9.17, 15) is 9.90 Å². The minimum Gasteiger partial charge on any atom is -0.396 e. The Balaban J connectivity index is 1.84. The van der Waals surface area contributed by atoms with E-state index in [0.29, 0.717) is 30.2 Å². The van der Waals surface area contributed by atoms with Gasteiger partial charge in [-0.2, -0.15) is 0 Å². The number of aliphatic hydroxyl groups is 1. The molecule has 3 aromatic rings. The molecule has 0 aliphatic carbocycles. The van der Waals surface area contributed by atoms with Gasteiger partial charge in [-0.15, -0.1) is 0 Å². The highest BCUT2D eigenvalue weighted by Gasteiger charge is 2.16. The van der Waals surface area contributed by atoms with Crippen LogP contribution in [0.2, 0.25) is 0 Å². The fourth-order valence-electron chi connectivity index (χ4n) is 3.65. The van der Waals surface area contributed by atoms with Gasteiger partial charge in [0, 0.05) is 29.6 Å². The lowest BCUT2D eigenvalue weighted by atomic mass is 10.0. The number of fused-ring (bicyclic) bond motifs is 1. The summed E-state index contributed by atoms with van der Waals surface area (Å²) in [7, 11) is 0. The second kappa shape index (κ2) is 9.87. The first-order valence-corrected chi connectivity index (χ1v) is 10.6. The van der Waals surface area contributed by atoms with Crippen LogP contribution in [0.1, 0.15) is 41.6 Å². The third-order valence-corrected chi connectivity index (χ3v) is 5.64. The molecule has 3 N–H and O–H groups in total. The number of hydrogen-bond acceptors (Lipinski definition) is 3. The van der Waals surface area contributed by atoms with Crippen LogP contribution < -0.4 is 10.9 Å². The molecule has 30 heavy (non-hydrogen) atoms. The number of aryl methyl sites for hydroxylation is 2. The predicted molar refractivity (Wildman–Crippen MR) is 127 cm³/mol. The van der Waals surface area contributed by atoms with Gasteiger partial charge in [-0.05, 0) is 68.2 Å². The molecule has 0 saturated carbocycles. The van der Waals surface area contributed by atoms with Gasteiger partial charge in [-0.25, -0.2) is 0 Å². The lowest BCUT2D eigenvalue weighted by molar-refractivity contribution is 0.263. The quantitative estimate of drug-likeness (QED) is 0.502. The molecular formula is C24H29N3O2S. The minimum absolute atomic E-state index is 0.0374. The molecule has 0 aliphatic rings. The molecule has 0 aliphatic heterocycles. The molecule has 0 bridgehead atoms. The van der Waals surface area contributed by atoms with Crippen molar-refractivity contribution in [1.82, 2.24) is 15.2 Å². The lowest BCUT2D eigenvalue weighted by Crippen LogP contribution is -2.42. The fourth-order valence-corrected chi connectivity index (χ4v) is 3.99. The molecule has 5 nitrogen and oxygen atoms in total. The van der Waals surface area contributed by atoms with Crippen molar-refractivity contribution in [3.63, 3.8) is 0 Å². The van der Waals surface area contributed by atoms with E-state index in [0.717, 1.165) is 27.6 Å². The van der Waals surface area contributed by atoms with E-state index in [1.54, 1.807) is 0 Å². The maximum atomic E-state index is 12.7. The van der Waals surface area contributed by atoms with Gasteiger partial charge >= 0.3 is 0 Å². The molecule has 0 amide bonds. The van der Waals surface area contributed by atoms with Gasteiger partial charge in [-0.3, -0.25) is 4.79 Å². The molecule has 0 unspecified atom stereocenters. The molecule has 2 aromatic carbocycles. The number of pyridine rings is 1. The number of hydrogen-bond donors (Lipinski definition) is 3. The van der Waals surface area contributed by atoms with Gasteiger partial charge in [0.2, 0.25) is 0 Å². The van der Waals surface area contributed by atoms with Crippen molar-refractivity contribution in [3.05, 3.63) is 81.1 Å². The second-order valence-electron chi connectivity index (χ2n) is 7.75. The number of aliphatic hydroxyl groups excluding tert-OH is 1. The van der Waals surface area contributed by atoms with Crippen molar-refractivity contribution >= 4 is 28.2 Å². The number of rotatable bonds is 7. The van der Waals surface area contributed by atoms with Crippen LogP contribution in [0.4, 0.5) is 0 Å². The Kier molecular flexibility index (Phi) is 7.24. The third-order valence-electron chi connectivity index (χ3n) is 5.26. The summed E-state index contributed by atoms with van der Waals surface area (Å²) in [6.07, 6.45) is 0.575. The summed E-state index contributed by atoms with van der Waals surface area (Å²) in [5.41, 5.74) is 4.78. The zero-order valence-electron chi connectivity index (χ0n) is 17.7. The topological polar surface area (TPSA) is 68.4 Å². The molecule has 1 heterocycles. The van der Waals surface area contributed by atoms with Crippen LogP contribution >= 0.6 is 12.2 Å². The Morgan fingerprint density at radius 1 is 1.20 bits per heavy atom. The van der Waals surface area contributed by atoms with Crippen molar-refractivity contribution < 1.29 is 5.11 Å². The highest BCUT2D eigenvalue weighted by Crippen LogP contribution is 2.19. The van der Waals surface area contributed by atoms with Crippen molar-refractivity contribution in [1.29, 1.82) is 0 Å². The first-order chi connectivity index (χ1) is 14.4. The third kappa shape index (κ3) is 5.26. The normalized spacial score (nSPS) is 12.0. The average molecular weight is 424 g/mol. The molecule has 0 fully saturated rings. The van der Waals surface area contributed by atoms with Gasteiger partial charge in [0.1, 0.15) is 0 Å². The zero-order chi connectivity index (χ0) is 21.7. The van der Waals surface area contributed by atoms with Crippen molar-refractivity contribution in [2.45, 2.75) is 39.8 Å². The number of benzene rings is 2. The van der Waals surface area contributed by atoms with Gasteiger partial charge < -0.3 is 20.3 Å². The number of thiocarbonyl (C=S) groups is 1. The van der Waals surface area contributed by atoms with Crippen molar-refractivity contribution in [2.75, 3.05) is 13.2 Å². The standard InChI is InChI=1S/C24H29N3O2S/c1-16-12-17(2)21-14-20(23(29)26-22(21)13-16)15-27(10-7-11-28)24(30)25-18(3)19-8-5-4-6-9-19/h4-6,8-9,12-14,18,28H,7,10-11,15H2,1-3H3,(H,25,30)(H,26,29)/t18-/m0/s1. The summed E-state index contributed by atoms with van der Waals surface area (Å²) >= 11 is 5.67. The number of aromatic amines is 1. The number of nitrogens with zero attached hydrogens (tertiary/aromatic N) is 1. The Morgan fingerprint density at radius 2 is 1.93 bits per heavy atom. The predicted octanol–water partition coefficient (Wildman–Crippen LogP) is 3.97. The average Bonchev–Trinajstić information content (AvgIpc) is 2.72. The molecule has 158 valence electrons. The van der Waals surface area contributed by atoms with Gasteiger partial charge in [0.05, 0.1) is 12.6 Å². The fraction of sp³-hybridized carbons (Fsp3) is 0.333. The minimum atomic E-state index is -0.111. The SMILES string of the molecule is Cc1cc(C)c2cc(CN(CCCO)C(=S)N[C@@H](C)c3ccccc3)c(=O)[nH]c2c1. The van der Waals surface area contributed by atoms with Crippen LogP contribution in [-0.4, -0.2) is 33.3 Å². The molecule has 6 heteroatoms. The van der Waals surface area contributed by atoms with Crippen molar-refractivity contribution in [3.8, 4) is 0 Å². The van der Waals surface area contributed by atoms with Crippen molar-refractivity contribution in [2.24, 2.45) is 0 Å². The monoisotopic (exact) mass is 423 g/mol. The number of nitrogens with one attached hydrogen (secondary N) is 2. The second-order valence-corrected chi connectivity index (χ2v) is 8.13. The Bertz CT molecular complexity index is 1080. The van der Waals surface area contributed by atoms with Gasteiger partial charge in [0.25, 0.3) is 5.56 Å². The summed E-state index contributed by atoms with van der Waals surface area (Å²) < 4.78 is 0. The molecule has 0 saturated heterocycles. The maximum absolute atomic E-state index is 12.7.